The standard InChI is InChI=1S/C17H20N4O/c1-3-4-11-20(2)17-10-9-16-18-15(12-21(16)19-17)13-5-7-14(22)8-6-13/h5-10,12,22H,3-4,11H2,1-2H3. The molecule has 2 aromatic heterocycles. The Bertz CT molecular complexity index is 764. The summed E-state index contributed by atoms with van der Waals surface area (Å²) in [6, 6.07) is 11.0. The first kappa shape index (κ1) is 14.4. The highest BCUT2D eigenvalue weighted by atomic mass is 16.3. The summed E-state index contributed by atoms with van der Waals surface area (Å²) in [4.78, 5) is 6.73. The molecule has 0 bridgehead atoms. The molecule has 3 aromatic rings. The molecule has 3 rings (SSSR count). The molecule has 0 radical (unpaired) electrons. The molecule has 2 heterocycles. The van der Waals surface area contributed by atoms with E-state index in [-0.39, 0.29) is 5.75 Å². The number of phenolic OH excluding ortho intramolecular Hbond substituents is 1. The van der Waals surface area contributed by atoms with Gasteiger partial charge in [0.2, 0.25) is 0 Å². The maximum absolute atomic E-state index is 9.37. The monoisotopic (exact) mass is 296 g/mol. The Hall–Kier alpha value is -2.56. The molecule has 0 aliphatic heterocycles. The second-order valence-electron chi connectivity index (χ2n) is 5.44. The van der Waals surface area contributed by atoms with Crippen LogP contribution < -0.4 is 4.90 Å². The first-order chi connectivity index (χ1) is 10.7. The van der Waals surface area contributed by atoms with E-state index in [2.05, 4.69) is 29.0 Å². The number of hydrogen-bond donors (Lipinski definition) is 1. The molecule has 0 fully saturated rings. The summed E-state index contributed by atoms with van der Waals surface area (Å²) in [5.74, 6) is 1.20. The minimum atomic E-state index is 0.255. The summed E-state index contributed by atoms with van der Waals surface area (Å²) >= 11 is 0. The molecule has 5 heteroatoms. The zero-order chi connectivity index (χ0) is 15.5. The van der Waals surface area contributed by atoms with E-state index < -0.39 is 0 Å². The molecule has 0 aliphatic rings. The van der Waals surface area contributed by atoms with E-state index in [0.29, 0.717) is 0 Å². The highest BCUT2D eigenvalue weighted by Gasteiger charge is 2.08. The molecule has 0 saturated heterocycles. The normalized spacial score (nSPS) is 11.0. The van der Waals surface area contributed by atoms with Gasteiger partial charge >= 0.3 is 0 Å². The summed E-state index contributed by atoms with van der Waals surface area (Å²) in [7, 11) is 2.06. The van der Waals surface area contributed by atoms with Gasteiger partial charge in [-0.05, 0) is 42.8 Å². The number of unbranched alkanes of at least 4 members (excludes halogenated alkanes) is 1. The number of hydrogen-bond acceptors (Lipinski definition) is 4. The SMILES string of the molecule is CCCCN(C)c1ccc2nc(-c3ccc(O)cc3)cn2n1. The van der Waals surface area contributed by atoms with Crippen molar-refractivity contribution in [3.05, 3.63) is 42.6 Å². The van der Waals surface area contributed by atoms with Crippen molar-refractivity contribution >= 4 is 11.5 Å². The van der Waals surface area contributed by atoms with Gasteiger partial charge in [-0.15, -0.1) is 5.10 Å². The Balaban J connectivity index is 1.91. The fraction of sp³-hybridized carbons (Fsp3) is 0.294. The van der Waals surface area contributed by atoms with Gasteiger partial charge in [0, 0.05) is 19.2 Å². The van der Waals surface area contributed by atoms with E-state index in [0.717, 1.165) is 35.7 Å². The van der Waals surface area contributed by atoms with Crippen LogP contribution in [0.2, 0.25) is 0 Å². The van der Waals surface area contributed by atoms with E-state index in [1.807, 2.05) is 30.5 Å². The number of benzene rings is 1. The first-order valence-electron chi connectivity index (χ1n) is 7.54. The fourth-order valence-corrected chi connectivity index (χ4v) is 2.36. The van der Waals surface area contributed by atoms with Gasteiger partial charge in [-0.1, -0.05) is 13.3 Å². The lowest BCUT2D eigenvalue weighted by atomic mass is 10.2. The minimum absolute atomic E-state index is 0.255. The van der Waals surface area contributed by atoms with Crippen LogP contribution in [0.3, 0.4) is 0 Å². The maximum Gasteiger partial charge on any atom is 0.154 e. The molecule has 114 valence electrons. The van der Waals surface area contributed by atoms with Crippen LogP contribution in [-0.4, -0.2) is 33.3 Å². The van der Waals surface area contributed by atoms with E-state index in [1.54, 1.807) is 16.6 Å². The first-order valence-corrected chi connectivity index (χ1v) is 7.54. The van der Waals surface area contributed by atoms with Crippen LogP contribution in [-0.2, 0) is 0 Å². The summed E-state index contributed by atoms with van der Waals surface area (Å²) in [5.41, 5.74) is 2.63. The topological polar surface area (TPSA) is 53.7 Å². The lowest BCUT2D eigenvalue weighted by Crippen LogP contribution is -2.20. The van der Waals surface area contributed by atoms with E-state index in [9.17, 15) is 5.11 Å². The highest BCUT2D eigenvalue weighted by molar-refractivity contribution is 5.63. The fourth-order valence-electron chi connectivity index (χ4n) is 2.36. The third-order valence-electron chi connectivity index (χ3n) is 3.71. The van der Waals surface area contributed by atoms with Crippen LogP contribution in [0.4, 0.5) is 5.82 Å². The van der Waals surface area contributed by atoms with Gasteiger partial charge in [-0.3, -0.25) is 0 Å². The Kier molecular flexibility index (Phi) is 3.96. The van der Waals surface area contributed by atoms with Crippen molar-refractivity contribution in [3.8, 4) is 17.0 Å². The number of aromatic hydroxyl groups is 1. The zero-order valence-electron chi connectivity index (χ0n) is 12.9. The number of rotatable bonds is 5. The van der Waals surface area contributed by atoms with Crippen molar-refractivity contribution in [2.45, 2.75) is 19.8 Å². The van der Waals surface area contributed by atoms with E-state index in [4.69, 9.17) is 0 Å². The summed E-state index contributed by atoms with van der Waals surface area (Å²) in [5, 5.41) is 14.0. The lowest BCUT2D eigenvalue weighted by molar-refractivity contribution is 0.475. The smallest absolute Gasteiger partial charge is 0.154 e. The molecule has 1 N–H and O–H groups in total. The predicted molar refractivity (Wildman–Crippen MR) is 88.3 cm³/mol. The molecule has 0 saturated carbocycles. The van der Waals surface area contributed by atoms with Crippen LogP contribution >= 0.6 is 0 Å². The van der Waals surface area contributed by atoms with Crippen molar-refractivity contribution in [3.63, 3.8) is 0 Å². The number of nitrogens with zero attached hydrogens (tertiary/aromatic N) is 4. The molecule has 5 nitrogen and oxygen atoms in total. The molecule has 0 amide bonds. The number of fused-ring (bicyclic) bond motifs is 1. The summed E-state index contributed by atoms with van der Waals surface area (Å²) < 4.78 is 1.81. The Morgan fingerprint density at radius 3 is 2.64 bits per heavy atom. The van der Waals surface area contributed by atoms with Gasteiger partial charge in [0.05, 0.1) is 11.9 Å². The van der Waals surface area contributed by atoms with Crippen molar-refractivity contribution in [2.75, 3.05) is 18.5 Å². The Morgan fingerprint density at radius 1 is 1.14 bits per heavy atom. The predicted octanol–water partition coefficient (Wildman–Crippen LogP) is 3.34. The third kappa shape index (κ3) is 2.88. The molecule has 22 heavy (non-hydrogen) atoms. The summed E-state index contributed by atoms with van der Waals surface area (Å²) in [6.07, 6.45) is 4.24. The third-order valence-corrected chi connectivity index (χ3v) is 3.71. The van der Waals surface area contributed by atoms with Gasteiger partial charge in [0.15, 0.2) is 5.65 Å². The lowest BCUT2D eigenvalue weighted by Gasteiger charge is -2.17. The van der Waals surface area contributed by atoms with Gasteiger partial charge in [0.25, 0.3) is 0 Å². The Labute approximate surface area is 129 Å². The van der Waals surface area contributed by atoms with Gasteiger partial charge < -0.3 is 10.0 Å². The van der Waals surface area contributed by atoms with Crippen molar-refractivity contribution < 1.29 is 5.11 Å². The molecule has 1 aromatic carbocycles. The molecule has 0 spiro atoms. The van der Waals surface area contributed by atoms with Crippen LogP contribution in [0.5, 0.6) is 5.75 Å². The largest absolute Gasteiger partial charge is 0.508 e. The van der Waals surface area contributed by atoms with Gasteiger partial charge in [-0.2, -0.15) is 0 Å². The van der Waals surface area contributed by atoms with Crippen LogP contribution in [0, 0.1) is 0 Å². The number of anilines is 1. The van der Waals surface area contributed by atoms with Crippen LogP contribution in [0.25, 0.3) is 16.9 Å². The van der Waals surface area contributed by atoms with Crippen LogP contribution in [0.1, 0.15) is 19.8 Å². The second-order valence-corrected chi connectivity index (χ2v) is 5.44. The van der Waals surface area contributed by atoms with E-state index >= 15 is 0 Å². The number of imidazole rings is 1. The molecule has 0 unspecified atom stereocenters. The zero-order valence-corrected chi connectivity index (χ0v) is 12.9. The summed E-state index contributed by atoms with van der Waals surface area (Å²) in [6.45, 7) is 3.18. The van der Waals surface area contributed by atoms with Crippen LogP contribution in [0.15, 0.2) is 42.6 Å². The average molecular weight is 296 g/mol. The maximum atomic E-state index is 9.37. The van der Waals surface area contributed by atoms with Gasteiger partial charge in [-0.25, -0.2) is 9.50 Å². The van der Waals surface area contributed by atoms with Crippen molar-refractivity contribution in [1.29, 1.82) is 0 Å². The minimum Gasteiger partial charge on any atom is -0.508 e. The van der Waals surface area contributed by atoms with Gasteiger partial charge in [0.1, 0.15) is 11.6 Å². The molecular weight excluding hydrogens is 276 g/mol. The number of aromatic nitrogens is 3. The Morgan fingerprint density at radius 2 is 1.91 bits per heavy atom. The van der Waals surface area contributed by atoms with E-state index in [1.165, 1.54) is 6.42 Å². The quantitative estimate of drug-likeness (QED) is 0.784. The number of phenols is 1. The highest BCUT2D eigenvalue weighted by Crippen LogP contribution is 2.22. The van der Waals surface area contributed by atoms with Crippen molar-refractivity contribution in [2.24, 2.45) is 0 Å². The molecule has 0 aliphatic carbocycles. The molecule has 0 atom stereocenters. The molecular formula is C17H20N4O. The van der Waals surface area contributed by atoms with Crippen molar-refractivity contribution in [1.82, 2.24) is 14.6 Å². The average Bonchev–Trinajstić information content (AvgIpc) is 2.96. The second kappa shape index (κ2) is 6.05.